The normalized spacial score (nSPS) is 11.4. The summed E-state index contributed by atoms with van der Waals surface area (Å²) >= 11 is 0. The van der Waals surface area contributed by atoms with Gasteiger partial charge in [0.2, 0.25) is 5.56 Å². The van der Waals surface area contributed by atoms with Gasteiger partial charge in [0, 0.05) is 6.07 Å². The van der Waals surface area contributed by atoms with Crippen LogP contribution in [0.5, 0.6) is 0 Å². The summed E-state index contributed by atoms with van der Waals surface area (Å²) in [7, 11) is -4.52. The van der Waals surface area contributed by atoms with E-state index in [2.05, 4.69) is 5.14 Å². The Hall–Kier alpha value is -1.79. The third kappa shape index (κ3) is 2.23. The zero-order valence-corrected chi connectivity index (χ0v) is 8.38. The highest BCUT2D eigenvalue weighted by Gasteiger charge is 2.25. The third-order valence-corrected chi connectivity index (χ3v) is 2.56. The van der Waals surface area contributed by atoms with E-state index < -0.39 is 38.2 Å². The average molecular weight is 249 g/mol. The number of hydrogen-bond donors (Lipinski definition) is 2. The maximum atomic E-state index is 12.5. The van der Waals surface area contributed by atoms with Crippen LogP contribution in [0.15, 0.2) is 15.9 Å². The highest BCUT2D eigenvalue weighted by molar-refractivity contribution is 7.89. The maximum Gasteiger partial charge on any atom is 0.267 e. The van der Waals surface area contributed by atoms with Crippen LogP contribution in [0.1, 0.15) is 17.6 Å². The minimum absolute atomic E-state index is 0.580. The molecule has 1 aromatic rings. The first-order chi connectivity index (χ1) is 7.27. The molecule has 0 amide bonds. The average Bonchev–Trinajstić information content (AvgIpc) is 2.14. The molecule has 3 N–H and O–H groups in total. The van der Waals surface area contributed by atoms with Crippen LogP contribution in [-0.4, -0.2) is 13.4 Å². The molecule has 0 aliphatic carbocycles. The summed E-state index contributed by atoms with van der Waals surface area (Å²) in [5.41, 5.74) is -2.81. The quantitative estimate of drug-likeness (QED) is 0.756. The molecule has 0 atom stereocenters. The van der Waals surface area contributed by atoms with Gasteiger partial charge >= 0.3 is 0 Å². The van der Waals surface area contributed by atoms with Gasteiger partial charge in [0.15, 0.2) is 5.03 Å². The lowest BCUT2D eigenvalue weighted by Crippen LogP contribution is -2.22. The minimum atomic E-state index is -4.52. The largest absolute Gasteiger partial charge is 0.311 e. The lowest BCUT2D eigenvalue weighted by Gasteiger charge is -2.07. The van der Waals surface area contributed by atoms with Crippen molar-refractivity contribution in [3.05, 3.63) is 27.5 Å². The topological polar surface area (TPSA) is 117 Å². The molecule has 6 nitrogen and oxygen atoms in total. The van der Waals surface area contributed by atoms with E-state index in [-0.39, 0.29) is 0 Å². The van der Waals surface area contributed by atoms with Gasteiger partial charge in [0.05, 0.1) is 17.2 Å². The Labute approximate surface area is 88.4 Å². The second kappa shape index (κ2) is 3.99. The standard InChI is InChI=1S/C7H5F2N3O3S/c8-6(9)5-3(2-10)1-4(13)12-7(5)16(11,14)15/h1,6H,(H,12,13)(H2,11,14,15). The molecule has 0 fully saturated rings. The SMILES string of the molecule is N#Cc1cc(=O)[nH]c(S(N)(=O)=O)c1C(F)F. The Balaban J connectivity index is 3.81. The van der Waals surface area contributed by atoms with E-state index in [4.69, 9.17) is 5.26 Å². The van der Waals surface area contributed by atoms with Gasteiger partial charge in [-0.15, -0.1) is 0 Å². The van der Waals surface area contributed by atoms with Crippen molar-refractivity contribution in [2.75, 3.05) is 0 Å². The van der Waals surface area contributed by atoms with Gasteiger partial charge in [0.1, 0.15) is 0 Å². The molecule has 0 aliphatic heterocycles. The molecule has 0 unspecified atom stereocenters. The molecule has 1 rings (SSSR count). The third-order valence-electron chi connectivity index (χ3n) is 1.67. The number of aromatic amines is 1. The van der Waals surface area contributed by atoms with Crippen molar-refractivity contribution in [1.29, 1.82) is 5.26 Å². The molecule has 1 aromatic heterocycles. The number of alkyl halides is 2. The second-order valence-electron chi connectivity index (χ2n) is 2.75. The van der Waals surface area contributed by atoms with Crippen molar-refractivity contribution in [3.8, 4) is 6.07 Å². The maximum absolute atomic E-state index is 12.5. The van der Waals surface area contributed by atoms with Crippen molar-refractivity contribution in [3.63, 3.8) is 0 Å². The number of nitrogens with one attached hydrogen (secondary N) is 1. The van der Waals surface area contributed by atoms with Gasteiger partial charge in [-0.3, -0.25) is 4.79 Å². The summed E-state index contributed by atoms with van der Waals surface area (Å²) in [5, 5.41) is 12.0. The van der Waals surface area contributed by atoms with Crippen molar-refractivity contribution in [2.45, 2.75) is 11.5 Å². The van der Waals surface area contributed by atoms with Crippen molar-refractivity contribution < 1.29 is 17.2 Å². The number of halogens is 2. The predicted octanol–water partition coefficient (Wildman–Crippen LogP) is -0.168. The summed E-state index contributed by atoms with van der Waals surface area (Å²) in [6.45, 7) is 0. The summed E-state index contributed by atoms with van der Waals surface area (Å²) in [6.07, 6.45) is -3.24. The molecule has 1 heterocycles. The van der Waals surface area contributed by atoms with Crippen LogP contribution in [0.2, 0.25) is 0 Å². The van der Waals surface area contributed by atoms with Crippen molar-refractivity contribution in [2.24, 2.45) is 5.14 Å². The van der Waals surface area contributed by atoms with Crippen molar-refractivity contribution >= 4 is 10.0 Å². The predicted molar refractivity (Wildman–Crippen MR) is 48.1 cm³/mol. The van der Waals surface area contributed by atoms with Crippen LogP contribution >= 0.6 is 0 Å². The number of nitriles is 1. The van der Waals surface area contributed by atoms with Gasteiger partial charge in [0.25, 0.3) is 16.4 Å². The van der Waals surface area contributed by atoms with Gasteiger partial charge in [-0.1, -0.05) is 0 Å². The van der Waals surface area contributed by atoms with Crippen LogP contribution < -0.4 is 10.7 Å². The number of nitrogens with zero attached hydrogens (tertiary/aromatic N) is 1. The fourth-order valence-corrected chi connectivity index (χ4v) is 1.83. The Bertz CT molecular complexity index is 615. The molecule has 0 aromatic carbocycles. The van der Waals surface area contributed by atoms with Gasteiger partial charge in [-0.2, -0.15) is 5.26 Å². The van der Waals surface area contributed by atoms with Crippen LogP contribution in [0.3, 0.4) is 0 Å². The molecule has 0 radical (unpaired) electrons. The van der Waals surface area contributed by atoms with Crippen molar-refractivity contribution in [1.82, 2.24) is 4.98 Å². The molecule has 0 aliphatic rings. The first kappa shape index (κ1) is 12.3. The zero-order chi connectivity index (χ0) is 12.5. The molecular weight excluding hydrogens is 244 g/mol. The molecule has 16 heavy (non-hydrogen) atoms. The molecular formula is C7H5F2N3O3S. The number of aromatic nitrogens is 1. The van der Waals surface area contributed by atoms with Crippen LogP contribution in [0.4, 0.5) is 8.78 Å². The Morgan fingerprint density at radius 2 is 2.06 bits per heavy atom. The zero-order valence-electron chi connectivity index (χ0n) is 7.57. The molecule has 0 saturated carbocycles. The molecule has 0 bridgehead atoms. The number of hydrogen-bond acceptors (Lipinski definition) is 4. The van der Waals surface area contributed by atoms with Gasteiger partial charge in [-0.05, 0) is 0 Å². The van der Waals surface area contributed by atoms with E-state index >= 15 is 0 Å². The van der Waals surface area contributed by atoms with E-state index in [0.717, 1.165) is 0 Å². The van der Waals surface area contributed by atoms with E-state index in [1.807, 2.05) is 0 Å². The molecule has 0 saturated heterocycles. The Kier molecular flexibility index (Phi) is 3.06. The van der Waals surface area contributed by atoms with E-state index in [1.54, 1.807) is 4.98 Å². The number of rotatable bonds is 2. The Morgan fingerprint density at radius 3 is 2.44 bits per heavy atom. The van der Waals surface area contributed by atoms with Crippen LogP contribution in [-0.2, 0) is 10.0 Å². The lowest BCUT2D eigenvalue weighted by molar-refractivity contribution is 0.146. The Morgan fingerprint density at radius 1 is 1.50 bits per heavy atom. The molecule has 86 valence electrons. The summed E-state index contributed by atoms with van der Waals surface area (Å²) in [5.74, 6) is 0. The number of H-pyrrole nitrogens is 1. The smallest absolute Gasteiger partial charge is 0.267 e. The van der Waals surface area contributed by atoms with Gasteiger partial charge < -0.3 is 4.98 Å². The number of primary sulfonamides is 1. The highest BCUT2D eigenvalue weighted by Crippen LogP contribution is 2.26. The minimum Gasteiger partial charge on any atom is -0.311 e. The molecule has 0 spiro atoms. The highest BCUT2D eigenvalue weighted by atomic mass is 32.2. The van der Waals surface area contributed by atoms with Crippen LogP contribution in [0.25, 0.3) is 0 Å². The van der Waals surface area contributed by atoms with E-state index in [9.17, 15) is 22.0 Å². The summed E-state index contributed by atoms with van der Waals surface area (Å²) < 4.78 is 47.0. The summed E-state index contributed by atoms with van der Waals surface area (Å²) in [4.78, 5) is 12.6. The first-order valence-electron chi connectivity index (χ1n) is 3.75. The number of nitrogens with two attached hydrogens (primary N) is 1. The van der Waals surface area contributed by atoms with E-state index in [0.29, 0.717) is 6.07 Å². The second-order valence-corrected chi connectivity index (χ2v) is 4.25. The summed E-state index contributed by atoms with van der Waals surface area (Å²) in [6, 6.07) is 1.89. The van der Waals surface area contributed by atoms with Crippen LogP contribution in [0, 0.1) is 11.3 Å². The monoisotopic (exact) mass is 249 g/mol. The molecule has 9 heteroatoms. The fraction of sp³-hybridized carbons (Fsp3) is 0.143. The number of pyridine rings is 1. The number of sulfonamides is 1. The lowest BCUT2D eigenvalue weighted by atomic mass is 10.1. The van der Waals surface area contributed by atoms with E-state index in [1.165, 1.54) is 6.07 Å². The van der Waals surface area contributed by atoms with Gasteiger partial charge in [-0.25, -0.2) is 22.3 Å². The first-order valence-corrected chi connectivity index (χ1v) is 5.30. The fourth-order valence-electron chi connectivity index (χ4n) is 1.08.